The smallest absolute Gasteiger partial charge is 0.203 e. The summed E-state index contributed by atoms with van der Waals surface area (Å²) in [5, 5.41) is 7.89. The van der Waals surface area contributed by atoms with E-state index in [0.29, 0.717) is 11.3 Å². The Morgan fingerprint density at radius 2 is 1.82 bits per heavy atom. The van der Waals surface area contributed by atoms with Gasteiger partial charge in [-0.2, -0.15) is 5.10 Å². The van der Waals surface area contributed by atoms with Gasteiger partial charge in [0.05, 0.1) is 11.4 Å². The van der Waals surface area contributed by atoms with Crippen LogP contribution < -0.4 is 10.3 Å². The van der Waals surface area contributed by atoms with Gasteiger partial charge in [-0.3, -0.25) is 5.43 Å². The second kappa shape index (κ2) is 8.45. The van der Waals surface area contributed by atoms with Gasteiger partial charge in [0.15, 0.2) is 0 Å². The summed E-state index contributed by atoms with van der Waals surface area (Å²) < 4.78 is 0. The number of thiazole rings is 1. The van der Waals surface area contributed by atoms with E-state index in [1.165, 1.54) is 34.5 Å². The van der Waals surface area contributed by atoms with Crippen molar-refractivity contribution in [3.05, 3.63) is 70.6 Å². The Kier molecular flexibility index (Phi) is 5.61. The molecule has 3 fully saturated rings. The number of nitrogens with one attached hydrogen (secondary N) is 1. The summed E-state index contributed by atoms with van der Waals surface area (Å²) in [5.41, 5.74) is 12.0. The van der Waals surface area contributed by atoms with E-state index in [0.717, 1.165) is 28.7 Å². The quantitative estimate of drug-likeness (QED) is 0.416. The molecule has 0 saturated heterocycles. The summed E-state index contributed by atoms with van der Waals surface area (Å²) in [7, 11) is 4.15. The van der Waals surface area contributed by atoms with Crippen LogP contribution >= 0.6 is 11.3 Å². The van der Waals surface area contributed by atoms with Crippen molar-refractivity contribution in [2.75, 3.05) is 24.4 Å². The van der Waals surface area contributed by atoms with Gasteiger partial charge in [0.2, 0.25) is 5.13 Å². The highest BCUT2D eigenvalue weighted by Gasteiger charge is 2.54. The molecule has 2 aromatic carbocycles. The number of allylic oxidation sites excluding steroid dienone is 1. The molecule has 5 heteroatoms. The minimum Gasteiger partial charge on any atom is -0.378 e. The number of fused-ring (bicyclic) bond motifs is 2. The molecule has 170 valence electrons. The first kappa shape index (κ1) is 21.9. The third-order valence-corrected chi connectivity index (χ3v) is 8.22. The summed E-state index contributed by atoms with van der Waals surface area (Å²) in [6.07, 6.45) is 4.65. The number of anilines is 2. The van der Waals surface area contributed by atoms with E-state index in [9.17, 15) is 0 Å². The molecule has 0 aliphatic heterocycles. The predicted octanol–water partition coefficient (Wildman–Crippen LogP) is 7.10. The molecule has 33 heavy (non-hydrogen) atoms. The van der Waals surface area contributed by atoms with Crippen LogP contribution in [0.25, 0.3) is 17.3 Å². The Bertz CT molecular complexity index is 1200. The Labute approximate surface area is 201 Å². The first-order valence-corrected chi connectivity index (χ1v) is 12.5. The average Bonchev–Trinajstić information content (AvgIpc) is 3.28. The minimum atomic E-state index is 0.308. The van der Waals surface area contributed by atoms with Gasteiger partial charge in [-0.05, 0) is 60.4 Å². The molecule has 1 N–H and O–H groups in total. The maximum Gasteiger partial charge on any atom is 0.203 e. The van der Waals surface area contributed by atoms with Gasteiger partial charge in [0.1, 0.15) is 0 Å². The zero-order chi connectivity index (χ0) is 23.2. The van der Waals surface area contributed by atoms with E-state index in [-0.39, 0.29) is 0 Å². The zero-order valence-corrected chi connectivity index (χ0v) is 20.9. The van der Waals surface area contributed by atoms with E-state index >= 15 is 0 Å². The van der Waals surface area contributed by atoms with Gasteiger partial charge in [-0.1, -0.05) is 55.8 Å². The highest BCUT2D eigenvalue weighted by molar-refractivity contribution is 7.14. The molecule has 1 heterocycles. The van der Waals surface area contributed by atoms with Crippen molar-refractivity contribution in [3.8, 4) is 11.3 Å². The summed E-state index contributed by atoms with van der Waals surface area (Å²) >= 11 is 1.61. The lowest BCUT2D eigenvalue weighted by Crippen LogP contribution is -2.53. The highest BCUT2D eigenvalue weighted by Crippen LogP contribution is 2.59. The van der Waals surface area contributed by atoms with Crippen molar-refractivity contribution in [3.63, 3.8) is 0 Å². The first-order valence-electron chi connectivity index (χ1n) is 11.7. The largest absolute Gasteiger partial charge is 0.378 e. The monoisotopic (exact) mass is 456 g/mol. The van der Waals surface area contributed by atoms with Crippen molar-refractivity contribution in [2.45, 2.75) is 33.6 Å². The summed E-state index contributed by atoms with van der Waals surface area (Å²) in [6.45, 7) is 6.89. The fourth-order valence-electron chi connectivity index (χ4n) is 5.06. The van der Waals surface area contributed by atoms with Crippen LogP contribution in [0.15, 0.2) is 64.6 Å². The Balaban J connectivity index is 1.40. The van der Waals surface area contributed by atoms with Crippen LogP contribution in [0.2, 0.25) is 0 Å². The Morgan fingerprint density at radius 1 is 1.09 bits per heavy atom. The van der Waals surface area contributed by atoms with Crippen LogP contribution in [0.4, 0.5) is 10.8 Å². The van der Waals surface area contributed by atoms with Crippen molar-refractivity contribution in [2.24, 2.45) is 22.4 Å². The molecule has 6 rings (SSSR count). The maximum absolute atomic E-state index is 4.95. The van der Waals surface area contributed by atoms with Gasteiger partial charge in [0.25, 0.3) is 0 Å². The number of nitrogens with zero attached hydrogens (tertiary/aromatic N) is 3. The molecule has 1 aromatic heterocycles. The predicted molar refractivity (Wildman–Crippen MR) is 142 cm³/mol. The summed E-state index contributed by atoms with van der Waals surface area (Å²) in [5.74, 6) is 1.23. The SMILES string of the molecule is Cc1ccc(-c2csc(NN=C3C(=Cc4ccc(N(C)C)cc4)CC4CC3C4(C)C)n2)cc1. The third kappa shape index (κ3) is 4.22. The van der Waals surface area contributed by atoms with Gasteiger partial charge in [0, 0.05) is 36.6 Å². The molecular formula is C28H32N4S. The fraction of sp³-hybridized carbons (Fsp3) is 0.357. The standard InChI is InChI=1S/C28H32N4S/c1-18-6-10-20(11-7-18)25-17-33-27(29-25)31-30-26-21(15-22-16-24(26)28(22,2)3)14-19-8-12-23(13-9-19)32(4)5/h6-14,17,22,24H,15-16H2,1-5H3,(H,29,31). The van der Waals surface area contributed by atoms with E-state index in [1.54, 1.807) is 11.3 Å². The molecule has 0 radical (unpaired) electrons. The van der Waals surface area contributed by atoms with Crippen LogP contribution in [0.5, 0.6) is 0 Å². The second-order valence-corrected chi connectivity index (χ2v) is 11.0. The number of benzene rings is 2. The average molecular weight is 457 g/mol. The number of hydrogen-bond donors (Lipinski definition) is 1. The number of rotatable bonds is 5. The molecule has 4 nitrogen and oxygen atoms in total. The molecule has 2 atom stereocenters. The second-order valence-electron chi connectivity index (χ2n) is 10.2. The van der Waals surface area contributed by atoms with Crippen molar-refractivity contribution < 1.29 is 0 Å². The molecule has 0 amide bonds. The molecule has 2 bridgehead atoms. The lowest BCUT2D eigenvalue weighted by atomic mass is 9.47. The molecule has 3 aliphatic carbocycles. The van der Waals surface area contributed by atoms with E-state index in [2.05, 4.69) is 105 Å². The van der Waals surface area contributed by atoms with Gasteiger partial charge in [-0.25, -0.2) is 4.98 Å². The number of aryl methyl sites for hydroxylation is 1. The lowest BCUT2D eigenvalue weighted by molar-refractivity contribution is 0.0143. The van der Waals surface area contributed by atoms with Crippen LogP contribution in [0, 0.1) is 24.2 Å². The molecule has 2 unspecified atom stereocenters. The number of hydrogen-bond acceptors (Lipinski definition) is 5. The number of aromatic nitrogens is 1. The first-order chi connectivity index (χ1) is 15.8. The lowest BCUT2D eigenvalue weighted by Gasteiger charge is -2.57. The fourth-order valence-corrected chi connectivity index (χ4v) is 5.72. The third-order valence-electron chi connectivity index (χ3n) is 7.47. The van der Waals surface area contributed by atoms with Crippen LogP contribution in [-0.2, 0) is 0 Å². The maximum atomic E-state index is 4.95. The van der Waals surface area contributed by atoms with Gasteiger partial charge >= 0.3 is 0 Å². The van der Waals surface area contributed by atoms with E-state index < -0.39 is 0 Å². The van der Waals surface area contributed by atoms with Crippen LogP contribution in [-0.4, -0.2) is 24.8 Å². The van der Waals surface area contributed by atoms with E-state index in [4.69, 9.17) is 10.1 Å². The molecular weight excluding hydrogens is 424 g/mol. The minimum absolute atomic E-state index is 0.308. The molecule has 3 aliphatic rings. The van der Waals surface area contributed by atoms with Crippen molar-refractivity contribution in [1.82, 2.24) is 4.98 Å². The molecule has 3 aromatic rings. The normalized spacial score (nSPS) is 23.4. The summed E-state index contributed by atoms with van der Waals surface area (Å²) in [6, 6.07) is 17.3. The van der Waals surface area contributed by atoms with Crippen LogP contribution in [0.1, 0.15) is 37.8 Å². The van der Waals surface area contributed by atoms with Crippen molar-refractivity contribution >= 4 is 33.9 Å². The Hall–Kier alpha value is -2.92. The molecule has 0 spiro atoms. The highest BCUT2D eigenvalue weighted by atomic mass is 32.1. The van der Waals surface area contributed by atoms with Crippen molar-refractivity contribution in [1.29, 1.82) is 0 Å². The van der Waals surface area contributed by atoms with Gasteiger partial charge in [-0.15, -0.1) is 11.3 Å². The molecule has 3 saturated carbocycles. The van der Waals surface area contributed by atoms with Gasteiger partial charge < -0.3 is 4.90 Å². The summed E-state index contributed by atoms with van der Waals surface area (Å²) in [4.78, 5) is 6.91. The Morgan fingerprint density at radius 3 is 2.48 bits per heavy atom. The topological polar surface area (TPSA) is 40.5 Å². The van der Waals surface area contributed by atoms with E-state index in [1.807, 2.05) is 0 Å². The van der Waals surface area contributed by atoms with Crippen LogP contribution in [0.3, 0.4) is 0 Å². The number of hydrazone groups is 1. The zero-order valence-electron chi connectivity index (χ0n) is 20.1.